The number of hydrogen-bond acceptors (Lipinski definition) is 7. The molecule has 0 spiro atoms. The summed E-state index contributed by atoms with van der Waals surface area (Å²) in [5, 5.41) is 13.1. The van der Waals surface area contributed by atoms with Crippen LogP contribution in [-0.2, 0) is 22.6 Å². The first-order valence-electron chi connectivity index (χ1n) is 11.1. The first-order chi connectivity index (χ1) is 15.9. The van der Waals surface area contributed by atoms with Gasteiger partial charge in [0.2, 0.25) is 5.91 Å². The summed E-state index contributed by atoms with van der Waals surface area (Å²) < 4.78 is 6.41. The summed E-state index contributed by atoms with van der Waals surface area (Å²) in [6.07, 6.45) is 2.18. The third-order valence-electron chi connectivity index (χ3n) is 6.01. The molecule has 1 aromatic carbocycles. The molecule has 2 aromatic heterocycles. The molecule has 1 aliphatic rings. The van der Waals surface area contributed by atoms with Crippen LogP contribution in [0, 0.1) is 0 Å². The molecule has 0 aliphatic carbocycles. The SMILES string of the molecule is COC(=O)c1cn([C@@H]2C[C@@H](C(=O)NCc3cccs3)N(Cc3ccc(C(C)C)cc3)C2)nn1. The summed E-state index contributed by atoms with van der Waals surface area (Å²) in [7, 11) is 1.32. The average molecular weight is 468 g/mol. The standard InChI is InChI=1S/C24H29N5O3S/c1-16(2)18-8-6-17(7-9-18)13-28-14-19(29-15-21(26-27-29)24(31)32-3)11-22(28)23(30)25-12-20-5-4-10-33-20/h4-10,15-16,19,22H,11-14H2,1-3H3,(H,25,30)/t19-,22+/m1/s1. The number of carbonyl (C=O) groups is 2. The van der Waals surface area contributed by atoms with E-state index in [1.54, 1.807) is 22.2 Å². The minimum Gasteiger partial charge on any atom is -0.464 e. The molecule has 0 radical (unpaired) electrons. The van der Waals surface area contributed by atoms with Crippen molar-refractivity contribution in [1.29, 1.82) is 0 Å². The zero-order valence-electron chi connectivity index (χ0n) is 19.1. The summed E-state index contributed by atoms with van der Waals surface area (Å²) >= 11 is 1.62. The fraction of sp³-hybridized carbons (Fsp3) is 0.417. The zero-order chi connectivity index (χ0) is 23.4. The summed E-state index contributed by atoms with van der Waals surface area (Å²) in [5.41, 5.74) is 2.62. The monoisotopic (exact) mass is 467 g/mol. The van der Waals surface area contributed by atoms with Crippen LogP contribution >= 0.6 is 11.3 Å². The maximum atomic E-state index is 13.2. The molecule has 1 aliphatic heterocycles. The molecule has 8 nitrogen and oxygen atoms in total. The van der Waals surface area contributed by atoms with Crippen molar-refractivity contribution >= 4 is 23.2 Å². The number of nitrogens with one attached hydrogen (secondary N) is 1. The lowest BCUT2D eigenvalue weighted by Crippen LogP contribution is -2.42. The van der Waals surface area contributed by atoms with Gasteiger partial charge in [-0.15, -0.1) is 16.4 Å². The molecule has 1 amide bonds. The van der Waals surface area contributed by atoms with Gasteiger partial charge in [-0.2, -0.15) is 0 Å². The average Bonchev–Trinajstić information content (AvgIpc) is 3.58. The fourth-order valence-corrected chi connectivity index (χ4v) is 4.76. The summed E-state index contributed by atoms with van der Waals surface area (Å²) in [6.45, 7) is 6.16. The van der Waals surface area contributed by atoms with Crippen molar-refractivity contribution in [2.24, 2.45) is 0 Å². The summed E-state index contributed by atoms with van der Waals surface area (Å²) in [4.78, 5) is 28.2. The van der Waals surface area contributed by atoms with Crippen molar-refractivity contribution in [2.75, 3.05) is 13.7 Å². The van der Waals surface area contributed by atoms with Crippen LogP contribution in [-0.4, -0.2) is 51.5 Å². The minimum atomic E-state index is -0.522. The summed E-state index contributed by atoms with van der Waals surface area (Å²) in [5.74, 6) is -0.0492. The van der Waals surface area contributed by atoms with E-state index in [2.05, 4.69) is 58.6 Å². The Hall–Kier alpha value is -3.04. The molecule has 3 heterocycles. The number of aromatic nitrogens is 3. The van der Waals surface area contributed by atoms with Crippen molar-refractivity contribution in [2.45, 2.75) is 51.4 Å². The molecule has 1 fully saturated rings. The van der Waals surface area contributed by atoms with E-state index >= 15 is 0 Å². The van der Waals surface area contributed by atoms with E-state index in [1.807, 2.05) is 17.5 Å². The van der Waals surface area contributed by atoms with Crippen LogP contribution in [0.1, 0.15) is 58.7 Å². The van der Waals surface area contributed by atoms with Crippen molar-refractivity contribution in [3.05, 3.63) is 69.7 Å². The molecule has 174 valence electrons. The number of carbonyl (C=O) groups excluding carboxylic acids is 2. The molecule has 9 heteroatoms. The Labute approximate surface area is 197 Å². The first kappa shape index (κ1) is 23.1. The molecule has 3 aromatic rings. The smallest absolute Gasteiger partial charge is 0.360 e. The van der Waals surface area contributed by atoms with Crippen LogP contribution in [0.5, 0.6) is 0 Å². The Balaban J connectivity index is 1.50. The number of likely N-dealkylation sites (tertiary alicyclic amines) is 1. The Morgan fingerprint density at radius 1 is 1.24 bits per heavy atom. The van der Waals surface area contributed by atoms with E-state index in [0.717, 1.165) is 10.4 Å². The molecular weight excluding hydrogens is 438 g/mol. The van der Waals surface area contributed by atoms with Gasteiger partial charge in [-0.25, -0.2) is 9.48 Å². The number of amides is 1. The van der Waals surface area contributed by atoms with Crippen molar-refractivity contribution < 1.29 is 14.3 Å². The molecule has 2 atom stereocenters. The van der Waals surface area contributed by atoms with E-state index in [-0.39, 0.29) is 23.7 Å². The maximum absolute atomic E-state index is 13.2. The van der Waals surface area contributed by atoms with E-state index in [9.17, 15) is 9.59 Å². The topological polar surface area (TPSA) is 89.4 Å². The van der Waals surface area contributed by atoms with E-state index in [4.69, 9.17) is 4.74 Å². The number of benzene rings is 1. The molecular formula is C24H29N5O3S. The number of rotatable bonds is 8. The Morgan fingerprint density at radius 2 is 2.03 bits per heavy atom. The number of methoxy groups -OCH3 is 1. The number of esters is 1. The third-order valence-corrected chi connectivity index (χ3v) is 6.89. The van der Waals surface area contributed by atoms with E-state index < -0.39 is 5.97 Å². The van der Waals surface area contributed by atoms with Gasteiger partial charge in [0, 0.05) is 18.0 Å². The molecule has 0 saturated carbocycles. The third kappa shape index (κ3) is 5.48. The maximum Gasteiger partial charge on any atom is 0.360 e. The van der Waals surface area contributed by atoms with E-state index in [0.29, 0.717) is 32.0 Å². The predicted octanol–water partition coefficient (Wildman–Crippen LogP) is 3.38. The quantitative estimate of drug-likeness (QED) is 0.511. The van der Waals surface area contributed by atoms with Crippen molar-refractivity contribution in [3.63, 3.8) is 0 Å². The highest BCUT2D eigenvalue weighted by atomic mass is 32.1. The van der Waals surface area contributed by atoms with Gasteiger partial charge in [0.25, 0.3) is 0 Å². The molecule has 33 heavy (non-hydrogen) atoms. The van der Waals surface area contributed by atoms with Gasteiger partial charge >= 0.3 is 5.97 Å². The van der Waals surface area contributed by atoms with Gasteiger partial charge in [0.05, 0.1) is 31.9 Å². The number of thiophene rings is 1. The molecule has 0 bridgehead atoms. The van der Waals surface area contributed by atoms with Crippen LogP contribution in [0.15, 0.2) is 48.0 Å². The molecule has 4 rings (SSSR count). The Morgan fingerprint density at radius 3 is 2.70 bits per heavy atom. The largest absolute Gasteiger partial charge is 0.464 e. The zero-order valence-corrected chi connectivity index (χ0v) is 19.9. The second-order valence-corrected chi connectivity index (χ2v) is 9.64. The lowest BCUT2D eigenvalue weighted by molar-refractivity contribution is -0.125. The highest BCUT2D eigenvalue weighted by Gasteiger charge is 2.38. The lowest BCUT2D eigenvalue weighted by Gasteiger charge is -2.23. The van der Waals surface area contributed by atoms with Gasteiger partial charge in [-0.05, 0) is 34.9 Å². The van der Waals surface area contributed by atoms with Crippen LogP contribution in [0.2, 0.25) is 0 Å². The highest BCUT2D eigenvalue weighted by Crippen LogP contribution is 2.29. The number of hydrogen-bond donors (Lipinski definition) is 1. The summed E-state index contributed by atoms with van der Waals surface area (Å²) in [6, 6.07) is 12.2. The van der Waals surface area contributed by atoms with Crippen molar-refractivity contribution in [1.82, 2.24) is 25.2 Å². The van der Waals surface area contributed by atoms with Gasteiger partial charge in [-0.1, -0.05) is 49.4 Å². The number of ether oxygens (including phenoxy) is 1. The van der Waals surface area contributed by atoms with Gasteiger partial charge in [0.15, 0.2) is 5.69 Å². The van der Waals surface area contributed by atoms with Gasteiger partial charge in [0.1, 0.15) is 0 Å². The van der Waals surface area contributed by atoms with Gasteiger partial charge < -0.3 is 10.1 Å². The van der Waals surface area contributed by atoms with Gasteiger partial charge in [-0.3, -0.25) is 9.69 Å². The fourth-order valence-electron chi connectivity index (χ4n) is 4.12. The Bertz CT molecular complexity index is 1080. The number of nitrogens with zero attached hydrogens (tertiary/aromatic N) is 4. The molecule has 1 N–H and O–H groups in total. The normalized spacial score (nSPS) is 18.5. The lowest BCUT2D eigenvalue weighted by atomic mass is 10.0. The minimum absolute atomic E-state index is 0.00185. The first-order valence-corrected chi connectivity index (χ1v) is 12.0. The predicted molar refractivity (Wildman–Crippen MR) is 126 cm³/mol. The highest BCUT2D eigenvalue weighted by molar-refractivity contribution is 7.09. The second kappa shape index (κ2) is 10.3. The van der Waals surface area contributed by atoms with Crippen LogP contribution in [0.4, 0.5) is 0 Å². The van der Waals surface area contributed by atoms with Crippen molar-refractivity contribution in [3.8, 4) is 0 Å². The van der Waals surface area contributed by atoms with E-state index in [1.165, 1.54) is 12.7 Å². The van der Waals surface area contributed by atoms with Crippen LogP contribution < -0.4 is 5.32 Å². The Kier molecular flexibility index (Phi) is 7.20. The molecule has 1 saturated heterocycles. The molecule has 0 unspecified atom stereocenters. The van der Waals surface area contributed by atoms with Crippen LogP contribution in [0.3, 0.4) is 0 Å². The second-order valence-electron chi connectivity index (χ2n) is 8.60. The van der Waals surface area contributed by atoms with Crippen LogP contribution in [0.25, 0.3) is 0 Å².